The Kier molecular flexibility index (Phi) is 10.0. The molecule has 50 heavy (non-hydrogen) atoms. The fourth-order valence-corrected chi connectivity index (χ4v) is 7.29. The van der Waals surface area contributed by atoms with Crippen LogP contribution in [0.15, 0.2) is 72.7 Å². The Hall–Kier alpha value is -4.32. The van der Waals surface area contributed by atoms with E-state index < -0.39 is 21.9 Å². The third kappa shape index (κ3) is 8.01. The molecule has 0 spiro atoms. The van der Waals surface area contributed by atoms with E-state index in [1.807, 2.05) is 18.3 Å². The molecule has 6 rings (SSSR count). The first-order chi connectivity index (χ1) is 23.7. The van der Waals surface area contributed by atoms with Gasteiger partial charge in [0.1, 0.15) is 11.9 Å². The van der Waals surface area contributed by atoms with E-state index in [4.69, 9.17) is 23.2 Å². The van der Waals surface area contributed by atoms with Gasteiger partial charge in [0.25, 0.3) is 0 Å². The van der Waals surface area contributed by atoms with E-state index in [2.05, 4.69) is 68.0 Å². The Morgan fingerprint density at radius 2 is 1.78 bits per heavy atom. The van der Waals surface area contributed by atoms with Gasteiger partial charge in [-0.25, -0.2) is 12.8 Å². The second-order valence-corrected chi connectivity index (χ2v) is 16.0. The summed E-state index contributed by atoms with van der Waals surface area (Å²) in [6, 6.07) is 16.9. The highest BCUT2D eigenvalue weighted by Crippen LogP contribution is 2.38. The topological polar surface area (TPSA) is 137 Å². The SMILES string of the molecule is CC(C)(C)N1CCC(N2C=C([C@@H](Nc3cc(Cl)c4ncc(C#N)c(Nc5ccc(F)c(Cl)c5)c4c3)c3cccc(NS(C)(=O)=O)c3)NN2)CC1. The van der Waals surface area contributed by atoms with Crippen molar-refractivity contribution in [2.45, 2.75) is 51.2 Å². The lowest BCUT2D eigenvalue weighted by Gasteiger charge is -2.42. The quantitative estimate of drug-likeness (QED) is 0.119. The average molecular weight is 739 g/mol. The molecule has 1 fully saturated rings. The molecule has 0 unspecified atom stereocenters. The summed E-state index contributed by atoms with van der Waals surface area (Å²) in [6.45, 7) is 8.66. The number of anilines is 4. The van der Waals surface area contributed by atoms with Crippen LogP contribution in [-0.4, -0.2) is 54.2 Å². The number of piperidine rings is 1. The maximum atomic E-state index is 13.9. The summed E-state index contributed by atoms with van der Waals surface area (Å²) in [5.41, 5.74) is 10.9. The van der Waals surface area contributed by atoms with Gasteiger partial charge in [-0.2, -0.15) is 5.26 Å². The first-order valence-corrected chi connectivity index (χ1v) is 18.7. The number of rotatable bonds is 9. The zero-order valence-electron chi connectivity index (χ0n) is 28.0. The summed E-state index contributed by atoms with van der Waals surface area (Å²) < 4.78 is 40.7. The summed E-state index contributed by atoms with van der Waals surface area (Å²) >= 11 is 12.9. The van der Waals surface area contributed by atoms with Crippen molar-refractivity contribution in [2.24, 2.45) is 0 Å². The molecule has 5 N–H and O–H groups in total. The lowest BCUT2D eigenvalue weighted by molar-refractivity contribution is 0.0570. The highest BCUT2D eigenvalue weighted by molar-refractivity contribution is 7.92. The molecule has 15 heteroatoms. The number of pyridine rings is 1. The molecule has 0 radical (unpaired) electrons. The first kappa shape index (κ1) is 35.5. The third-order valence-corrected chi connectivity index (χ3v) is 9.98. The number of fused-ring (bicyclic) bond motifs is 1. The number of nitriles is 1. The zero-order valence-corrected chi connectivity index (χ0v) is 30.3. The van der Waals surface area contributed by atoms with Crippen molar-refractivity contribution in [3.63, 3.8) is 0 Å². The Bertz CT molecular complexity index is 2110. The molecule has 0 amide bonds. The zero-order chi connectivity index (χ0) is 35.8. The molecule has 3 heterocycles. The van der Waals surface area contributed by atoms with Gasteiger partial charge < -0.3 is 16.1 Å². The molecule has 4 aromatic rings. The van der Waals surface area contributed by atoms with E-state index in [1.165, 1.54) is 24.4 Å². The number of likely N-dealkylation sites (tertiary alicyclic amines) is 1. The molecule has 0 bridgehead atoms. The molecular formula is C35H38Cl2FN9O2S. The lowest BCUT2D eigenvalue weighted by Crippen LogP contribution is -2.52. The monoisotopic (exact) mass is 737 g/mol. The van der Waals surface area contributed by atoms with Crippen molar-refractivity contribution in [3.05, 3.63) is 99.7 Å². The Labute approximate surface area is 301 Å². The maximum absolute atomic E-state index is 13.9. The Morgan fingerprint density at radius 1 is 1.04 bits per heavy atom. The predicted octanol–water partition coefficient (Wildman–Crippen LogP) is 7.25. The van der Waals surface area contributed by atoms with Crippen molar-refractivity contribution >= 4 is 66.9 Å². The second-order valence-electron chi connectivity index (χ2n) is 13.5. The Balaban J connectivity index is 1.38. The van der Waals surface area contributed by atoms with E-state index in [9.17, 15) is 18.1 Å². The van der Waals surface area contributed by atoms with E-state index in [-0.39, 0.29) is 22.2 Å². The van der Waals surface area contributed by atoms with Crippen LogP contribution in [0.4, 0.5) is 27.1 Å². The summed E-state index contributed by atoms with van der Waals surface area (Å²) in [5, 5.41) is 19.7. The molecule has 262 valence electrons. The van der Waals surface area contributed by atoms with Gasteiger partial charge in [0.2, 0.25) is 10.0 Å². The molecule has 0 saturated carbocycles. The number of benzene rings is 3. The van der Waals surface area contributed by atoms with Gasteiger partial charge in [0, 0.05) is 59.5 Å². The van der Waals surface area contributed by atoms with Gasteiger partial charge in [-0.1, -0.05) is 35.3 Å². The van der Waals surface area contributed by atoms with Crippen LogP contribution >= 0.6 is 23.2 Å². The van der Waals surface area contributed by atoms with Gasteiger partial charge in [0.05, 0.1) is 44.8 Å². The average Bonchev–Trinajstić information content (AvgIpc) is 3.55. The van der Waals surface area contributed by atoms with E-state index in [0.29, 0.717) is 38.7 Å². The van der Waals surface area contributed by atoms with Gasteiger partial charge in [-0.05, 0) is 81.6 Å². The third-order valence-electron chi connectivity index (χ3n) is 8.79. The molecule has 3 aromatic carbocycles. The first-order valence-electron chi connectivity index (χ1n) is 16.0. The normalized spacial score (nSPS) is 16.4. The summed E-state index contributed by atoms with van der Waals surface area (Å²) in [4.78, 5) is 6.94. The van der Waals surface area contributed by atoms with Crippen molar-refractivity contribution < 1.29 is 12.8 Å². The van der Waals surface area contributed by atoms with Crippen LogP contribution < -0.4 is 26.3 Å². The summed E-state index contributed by atoms with van der Waals surface area (Å²) in [6.07, 6.45) is 6.53. The lowest BCUT2D eigenvalue weighted by atomic mass is 9.97. The largest absolute Gasteiger partial charge is 0.373 e. The number of hydrogen-bond acceptors (Lipinski definition) is 10. The fraction of sp³-hybridized carbons (Fsp3) is 0.314. The molecule has 11 nitrogen and oxygen atoms in total. The number of hydrogen-bond donors (Lipinski definition) is 5. The van der Waals surface area contributed by atoms with Crippen LogP contribution in [0.25, 0.3) is 10.9 Å². The molecule has 1 atom stereocenters. The number of aromatic nitrogens is 1. The minimum atomic E-state index is -3.52. The van der Waals surface area contributed by atoms with Crippen molar-refractivity contribution in [3.8, 4) is 6.07 Å². The number of nitrogens with zero attached hydrogens (tertiary/aromatic N) is 4. The molecule has 2 aliphatic rings. The van der Waals surface area contributed by atoms with Gasteiger partial charge >= 0.3 is 0 Å². The van der Waals surface area contributed by atoms with Gasteiger partial charge in [-0.3, -0.25) is 19.6 Å². The minimum Gasteiger partial charge on any atom is -0.373 e. The van der Waals surface area contributed by atoms with E-state index in [1.54, 1.807) is 24.3 Å². The smallest absolute Gasteiger partial charge is 0.229 e. The number of halogens is 3. The van der Waals surface area contributed by atoms with Crippen molar-refractivity contribution in [2.75, 3.05) is 34.7 Å². The molecule has 2 aliphatic heterocycles. The summed E-state index contributed by atoms with van der Waals surface area (Å²) in [7, 11) is -3.52. The van der Waals surface area contributed by atoms with E-state index in [0.717, 1.165) is 43.4 Å². The van der Waals surface area contributed by atoms with Crippen LogP contribution in [0, 0.1) is 17.1 Å². The molecule has 0 aliphatic carbocycles. The second kappa shape index (κ2) is 14.1. The van der Waals surface area contributed by atoms with Crippen LogP contribution in [-0.2, 0) is 10.0 Å². The van der Waals surface area contributed by atoms with E-state index >= 15 is 0 Å². The number of hydrazine groups is 2. The molecule has 1 saturated heterocycles. The van der Waals surface area contributed by atoms with Gasteiger partial charge in [-0.15, -0.1) is 5.53 Å². The standard InChI is InChI=1S/C35H38Cl2FN9O2S/c1-35(2,3)46-12-10-26(11-13-46)47-20-31(43-45-47)33(21-6-5-7-24(14-21)44-50(4,48)49)42-25-15-27-32(41-23-8-9-30(38)28(36)16-23)22(18-39)19-40-34(27)29(37)17-25/h5-9,14-17,19-20,26,33,42-45H,10-13H2,1-4H3,(H,40,41)/t33-/m0/s1. The van der Waals surface area contributed by atoms with Crippen molar-refractivity contribution in [1.29, 1.82) is 5.26 Å². The summed E-state index contributed by atoms with van der Waals surface area (Å²) in [5.74, 6) is -0.563. The number of sulfonamides is 1. The van der Waals surface area contributed by atoms with Crippen LogP contribution in [0.3, 0.4) is 0 Å². The van der Waals surface area contributed by atoms with Gasteiger partial charge in [0.15, 0.2) is 0 Å². The van der Waals surface area contributed by atoms with Crippen LogP contribution in [0.2, 0.25) is 10.0 Å². The molecule has 1 aromatic heterocycles. The maximum Gasteiger partial charge on any atom is 0.229 e. The molecular weight excluding hydrogens is 700 g/mol. The minimum absolute atomic E-state index is 0.0672. The highest BCUT2D eigenvalue weighted by atomic mass is 35.5. The van der Waals surface area contributed by atoms with Crippen molar-refractivity contribution in [1.82, 2.24) is 25.9 Å². The highest BCUT2D eigenvalue weighted by Gasteiger charge is 2.32. The Morgan fingerprint density at radius 3 is 2.46 bits per heavy atom. The predicted molar refractivity (Wildman–Crippen MR) is 198 cm³/mol. The fourth-order valence-electron chi connectivity index (χ4n) is 6.29. The number of nitrogens with one attached hydrogen (secondary N) is 5. The van der Waals surface area contributed by atoms with Crippen LogP contribution in [0.5, 0.6) is 0 Å². The van der Waals surface area contributed by atoms with Crippen LogP contribution in [0.1, 0.15) is 50.8 Å².